The number of hydrogen-bond donors (Lipinski definition) is 3. The zero-order chi connectivity index (χ0) is 47.5. The SMILES string of the molecule is CO[C@H]1C[C@@H]2CC[C@@H](C)[C@@](O)(O2)C(=O)C(=O)N2CCC[C@H]2C(=O)O[C@H]([C@H](C)C[C@@H]2CC[C@@H](O)[C@H](OC)C2)CC(=O)[C@H](C)/C=C(\C)[C@@H](O)[C@@H](OC)C(=O)[C@H](C)C[C@H](C)/C=C/C=C/C=C1C. The number of allylic oxidation sites excluding steroid dienone is 6. The van der Waals surface area contributed by atoms with E-state index < -0.39 is 83.9 Å². The fourth-order valence-electron chi connectivity index (χ4n) is 9.95. The lowest BCUT2D eigenvalue weighted by Gasteiger charge is -2.41. The Labute approximate surface area is 380 Å². The molecule has 360 valence electrons. The third-order valence-corrected chi connectivity index (χ3v) is 14.2. The molecule has 4 rings (SSSR count). The summed E-state index contributed by atoms with van der Waals surface area (Å²) < 4.78 is 29.2. The van der Waals surface area contributed by atoms with Crippen LogP contribution in [-0.4, -0.2) is 132 Å². The van der Waals surface area contributed by atoms with Crippen molar-refractivity contribution < 1.29 is 63.0 Å². The number of Topliss-reactive ketones (excluding diaryl/α,β-unsaturated/α-hetero) is 3. The second-order valence-corrected chi connectivity index (χ2v) is 19.2. The number of carbonyl (C=O) groups is 5. The number of aliphatic hydroxyl groups excluding tert-OH is 2. The van der Waals surface area contributed by atoms with Gasteiger partial charge in [0.1, 0.15) is 30.1 Å². The summed E-state index contributed by atoms with van der Waals surface area (Å²) in [5.41, 5.74) is 1.26. The van der Waals surface area contributed by atoms with Crippen LogP contribution in [0.4, 0.5) is 0 Å². The van der Waals surface area contributed by atoms with Crippen LogP contribution in [0.2, 0.25) is 0 Å². The molecule has 0 aromatic heterocycles. The van der Waals surface area contributed by atoms with Crippen LogP contribution in [0, 0.1) is 35.5 Å². The molecule has 4 aliphatic rings. The van der Waals surface area contributed by atoms with Gasteiger partial charge in [-0.15, -0.1) is 0 Å². The number of carbonyl (C=O) groups excluding carboxylic acids is 5. The molecule has 2 bridgehead atoms. The van der Waals surface area contributed by atoms with E-state index in [2.05, 4.69) is 0 Å². The summed E-state index contributed by atoms with van der Waals surface area (Å²) in [6.45, 7) is 12.7. The van der Waals surface area contributed by atoms with Gasteiger partial charge in [0.2, 0.25) is 5.79 Å². The van der Waals surface area contributed by atoms with E-state index in [1.165, 1.54) is 7.11 Å². The molecule has 1 saturated carbocycles. The smallest absolute Gasteiger partial charge is 0.329 e. The van der Waals surface area contributed by atoms with Gasteiger partial charge in [-0.05, 0) is 101 Å². The Bertz CT molecular complexity index is 1740. The number of nitrogens with zero attached hydrogens (tertiary/aromatic N) is 1. The molecule has 0 aromatic rings. The second-order valence-electron chi connectivity index (χ2n) is 19.2. The minimum Gasteiger partial charge on any atom is -0.460 e. The summed E-state index contributed by atoms with van der Waals surface area (Å²) in [4.78, 5) is 71.2. The summed E-state index contributed by atoms with van der Waals surface area (Å²) in [5.74, 6) is -7.97. The molecule has 2 saturated heterocycles. The molecule has 3 aliphatic heterocycles. The first-order valence-electron chi connectivity index (χ1n) is 23.4. The Kier molecular flexibility index (Phi) is 20.3. The number of methoxy groups -OCH3 is 3. The van der Waals surface area contributed by atoms with Crippen molar-refractivity contribution in [3.8, 4) is 0 Å². The third kappa shape index (κ3) is 13.6. The first kappa shape index (κ1) is 53.2. The zero-order valence-corrected chi connectivity index (χ0v) is 39.9. The minimum atomic E-state index is -2.42. The van der Waals surface area contributed by atoms with Gasteiger partial charge in [0.05, 0.1) is 24.4 Å². The molecule has 3 N–H and O–H groups in total. The second kappa shape index (κ2) is 24.4. The van der Waals surface area contributed by atoms with Crippen molar-refractivity contribution in [3.63, 3.8) is 0 Å². The van der Waals surface area contributed by atoms with Crippen LogP contribution in [-0.2, 0) is 47.7 Å². The lowest BCUT2D eigenvalue weighted by Crippen LogP contribution is -2.59. The molecule has 0 radical (unpaired) electrons. The van der Waals surface area contributed by atoms with Crippen molar-refractivity contribution in [1.29, 1.82) is 0 Å². The summed E-state index contributed by atoms with van der Waals surface area (Å²) in [7, 11) is 4.51. The van der Waals surface area contributed by atoms with Gasteiger partial charge in [-0.3, -0.25) is 19.2 Å². The van der Waals surface area contributed by atoms with Crippen molar-refractivity contribution in [2.75, 3.05) is 27.9 Å². The average Bonchev–Trinajstić information content (AvgIpc) is 3.76. The van der Waals surface area contributed by atoms with Crippen LogP contribution < -0.4 is 0 Å². The molecule has 0 unspecified atom stereocenters. The average molecular weight is 900 g/mol. The molecule has 0 aromatic carbocycles. The number of rotatable bonds is 6. The maximum atomic E-state index is 14.2. The van der Waals surface area contributed by atoms with Crippen LogP contribution in [0.15, 0.2) is 47.6 Å². The Morgan fingerprint density at radius 3 is 2.25 bits per heavy atom. The highest BCUT2D eigenvalue weighted by atomic mass is 16.6. The fraction of sp³-hybridized carbons (Fsp3) is 0.740. The maximum Gasteiger partial charge on any atom is 0.329 e. The predicted octanol–water partition coefficient (Wildman–Crippen LogP) is 5.79. The molecule has 0 spiro atoms. The maximum absolute atomic E-state index is 14.2. The molecule has 14 heteroatoms. The fourth-order valence-corrected chi connectivity index (χ4v) is 9.95. The molecule has 1 amide bonds. The van der Waals surface area contributed by atoms with Crippen molar-refractivity contribution in [1.82, 2.24) is 4.90 Å². The number of esters is 1. The summed E-state index contributed by atoms with van der Waals surface area (Å²) in [5, 5.41) is 33.7. The van der Waals surface area contributed by atoms with E-state index in [0.717, 1.165) is 16.9 Å². The van der Waals surface area contributed by atoms with Crippen LogP contribution >= 0.6 is 0 Å². The van der Waals surface area contributed by atoms with Gasteiger partial charge in [-0.25, -0.2) is 4.79 Å². The number of hydrogen-bond acceptors (Lipinski definition) is 13. The quantitative estimate of drug-likeness (QED) is 0.165. The van der Waals surface area contributed by atoms with Crippen LogP contribution in [0.25, 0.3) is 0 Å². The van der Waals surface area contributed by atoms with E-state index in [9.17, 15) is 39.3 Å². The van der Waals surface area contributed by atoms with Crippen molar-refractivity contribution in [2.45, 2.75) is 174 Å². The van der Waals surface area contributed by atoms with Crippen molar-refractivity contribution in [3.05, 3.63) is 47.6 Å². The molecule has 3 heterocycles. The first-order chi connectivity index (χ1) is 30.2. The van der Waals surface area contributed by atoms with Gasteiger partial charge in [0.15, 0.2) is 5.78 Å². The summed E-state index contributed by atoms with van der Waals surface area (Å²) in [6.07, 6.45) is 10.5. The number of aliphatic hydroxyl groups is 3. The number of ketones is 3. The topological polar surface area (TPSA) is 195 Å². The van der Waals surface area contributed by atoms with E-state index in [0.29, 0.717) is 56.9 Å². The van der Waals surface area contributed by atoms with Crippen LogP contribution in [0.5, 0.6) is 0 Å². The molecular weight excluding hydrogens is 823 g/mol. The monoisotopic (exact) mass is 900 g/mol. The lowest BCUT2D eigenvalue weighted by molar-refractivity contribution is -0.265. The van der Waals surface area contributed by atoms with Crippen LogP contribution in [0.1, 0.15) is 119 Å². The van der Waals surface area contributed by atoms with E-state index in [4.69, 9.17) is 23.7 Å². The summed E-state index contributed by atoms with van der Waals surface area (Å²) in [6, 6.07) is -1.13. The Morgan fingerprint density at radius 2 is 1.58 bits per heavy atom. The van der Waals surface area contributed by atoms with Gasteiger partial charge in [0.25, 0.3) is 11.7 Å². The minimum absolute atomic E-state index is 0.0199. The van der Waals surface area contributed by atoms with Gasteiger partial charge >= 0.3 is 5.97 Å². The number of amides is 1. The van der Waals surface area contributed by atoms with Crippen molar-refractivity contribution in [2.24, 2.45) is 35.5 Å². The summed E-state index contributed by atoms with van der Waals surface area (Å²) >= 11 is 0. The van der Waals surface area contributed by atoms with E-state index in [1.54, 1.807) is 41.1 Å². The molecule has 3 fully saturated rings. The highest BCUT2D eigenvalue weighted by molar-refractivity contribution is 6.39. The van der Waals surface area contributed by atoms with E-state index in [1.807, 2.05) is 58.1 Å². The van der Waals surface area contributed by atoms with Gasteiger partial charge in [-0.1, -0.05) is 71.1 Å². The first-order valence-corrected chi connectivity index (χ1v) is 23.4. The normalized spacial score (nSPS) is 39.9. The highest BCUT2D eigenvalue weighted by Gasteiger charge is 2.53. The number of cyclic esters (lactones) is 1. The van der Waals surface area contributed by atoms with E-state index in [-0.39, 0.29) is 54.8 Å². The molecular formula is C50H77NO13. The van der Waals surface area contributed by atoms with Gasteiger partial charge < -0.3 is 43.9 Å². The molecule has 1 aliphatic carbocycles. The highest BCUT2D eigenvalue weighted by Crippen LogP contribution is 2.38. The van der Waals surface area contributed by atoms with Crippen molar-refractivity contribution >= 4 is 29.2 Å². The molecule has 15 atom stereocenters. The van der Waals surface area contributed by atoms with Gasteiger partial charge in [-0.2, -0.15) is 0 Å². The van der Waals surface area contributed by atoms with Gasteiger partial charge in [0, 0.05) is 58.5 Å². The number of ether oxygens (including phenoxy) is 5. The lowest BCUT2D eigenvalue weighted by atomic mass is 9.78. The zero-order valence-electron chi connectivity index (χ0n) is 39.9. The third-order valence-electron chi connectivity index (χ3n) is 14.2. The van der Waals surface area contributed by atoms with Crippen LogP contribution in [0.3, 0.4) is 0 Å². The Morgan fingerprint density at radius 1 is 0.859 bits per heavy atom. The predicted molar refractivity (Wildman–Crippen MR) is 241 cm³/mol. The standard InChI is InChI=1S/C50H77NO13/c1-29-15-12-11-13-16-30(2)41(60-8)27-37-20-18-35(7)50(59,64-37)47(56)48(57)51-22-14-17-38(51)49(58)63-42(32(4)25-36-19-21-39(52)43(26-36)61-9)28-40(53)31(3)24-34(6)45(55)46(62-10)44(54)33(5)23-29/h11-13,15-16,24,29,31-33,35-39,41-43,45-46,52,55,59H,14,17-23,25-28H2,1-10H3/b13-11+,15-12+,30-16?,34-24+/t29-,31-,32-,33-,35-,36+,37+,38+,39-,41+,42+,43-,45-,46+,50-/m1/s1. The van der Waals surface area contributed by atoms with E-state index >= 15 is 0 Å². The largest absolute Gasteiger partial charge is 0.460 e. The Balaban J connectivity index is 1.68. The Hall–Kier alpha value is -3.37. The molecule has 14 nitrogen and oxygen atoms in total. The number of fused-ring (bicyclic) bond motifs is 3. The molecule has 64 heavy (non-hydrogen) atoms.